The van der Waals surface area contributed by atoms with Crippen LogP contribution < -0.4 is 10.6 Å². The first kappa shape index (κ1) is 10.9. The van der Waals surface area contributed by atoms with Crippen LogP contribution in [0.3, 0.4) is 0 Å². The van der Waals surface area contributed by atoms with Crippen LogP contribution in [0, 0.1) is 0 Å². The third kappa shape index (κ3) is 2.69. The van der Waals surface area contributed by atoms with Gasteiger partial charge in [-0.05, 0) is 19.8 Å². The monoisotopic (exact) mass is 212 g/mol. The van der Waals surface area contributed by atoms with Gasteiger partial charge in [-0.25, -0.2) is 0 Å². The lowest BCUT2D eigenvalue weighted by molar-refractivity contribution is -0.127. The topological polar surface area (TPSA) is 50.4 Å². The first-order chi connectivity index (χ1) is 7.20. The Balaban J connectivity index is 1.85. The summed E-state index contributed by atoms with van der Waals surface area (Å²) in [6, 6.07) is -0.156. The van der Waals surface area contributed by atoms with Gasteiger partial charge in [-0.1, -0.05) is 12.8 Å². The van der Waals surface area contributed by atoms with E-state index in [2.05, 4.69) is 17.6 Å². The standard InChI is InChI=1S/C11H20N2O2/c1-11(4-2-3-5-11)13-10(14)9-8-15-7-6-12-9/h9,12H,2-8H2,1H3,(H,13,14). The first-order valence-electron chi connectivity index (χ1n) is 5.83. The lowest BCUT2D eigenvalue weighted by Crippen LogP contribution is -2.56. The summed E-state index contributed by atoms with van der Waals surface area (Å²) in [5.41, 5.74) is 0.0240. The van der Waals surface area contributed by atoms with E-state index in [1.165, 1.54) is 12.8 Å². The molecule has 0 aromatic heterocycles. The summed E-state index contributed by atoms with van der Waals surface area (Å²) in [7, 11) is 0. The molecule has 1 amide bonds. The Hall–Kier alpha value is -0.610. The van der Waals surface area contributed by atoms with Gasteiger partial charge in [0.05, 0.1) is 13.2 Å². The summed E-state index contributed by atoms with van der Waals surface area (Å²) in [5.74, 6) is 0.0964. The van der Waals surface area contributed by atoms with Crippen LogP contribution in [0.15, 0.2) is 0 Å². The van der Waals surface area contributed by atoms with Gasteiger partial charge in [-0.2, -0.15) is 0 Å². The van der Waals surface area contributed by atoms with Crippen LogP contribution in [0.5, 0.6) is 0 Å². The minimum absolute atomic E-state index is 0.0240. The summed E-state index contributed by atoms with van der Waals surface area (Å²) in [6.07, 6.45) is 4.66. The predicted octanol–water partition coefficient (Wildman–Crippen LogP) is 0.424. The molecule has 1 atom stereocenters. The predicted molar refractivity (Wildman–Crippen MR) is 57.6 cm³/mol. The Bertz CT molecular complexity index is 231. The van der Waals surface area contributed by atoms with Gasteiger partial charge in [-0.15, -0.1) is 0 Å². The molecule has 0 aromatic rings. The van der Waals surface area contributed by atoms with E-state index >= 15 is 0 Å². The smallest absolute Gasteiger partial charge is 0.239 e. The van der Waals surface area contributed by atoms with Crippen LogP contribution in [0.2, 0.25) is 0 Å². The summed E-state index contributed by atoms with van der Waals surface area (Å²) < 4.78 is 5.28. The quantitative estimate of drug-likeness (QED) is 0.697. The van der Waals surface area contributed by atoms with E-state index in [1.807, 2.05) is 0 Å². The van der Waals surface area contributed by atoms with Gasteiger partial charge < -0.3 is 15.4 Å². The highest BCUT2D eigenvalue weighted by Gasteiger charge is 2.32. The Morgan fingerprint density at radius 3 is 2.80 bits per heavy atom. The Morgan fingerprint density at radius 1 is 1.47 bits per heavy atom. The van der Waals surface area contributed by atoms with Gasteiger partial charge in [0.15, 0.2) is 0 Å². The number of hydrogen-bond donors (Lipinski definition) is 2. The van der Waals surface area contributed by atoms with Gasteiger partial charge in [-0.3, -0.25) is 4.79 Å². The maximum atomic E-state index is 11.9. The summed E-state index contributed by atoms with van der Waals surface area (Å²) in [4.78, 5) is 11.9. The number of carbonyl (C=O) groups is 1. The molecule has 1 saturated carbocycles. The van der Waals surface area contributed by atoms with Crippen molar-refractivity contribution in [3.63, 3.8) is 0 Å². The lowest BCUT2D eigenvalue weighted by Gasteiger charge is -2.30. The molecule has 15 heavy (non-hydrogen) atoms. The molecule has 86 valence electrons. The van der Waals surface area contributed by atoms with Gasteiger partial charge in [0.1, 0.15) is 6.04 Å². The van der Waals surface area contributed by atoms with Crippen LogP contribution in [0.4, 0.5) is 0 Å². The number of carbonyl (C=O) groups excluding carboxylic acids is 1. The molecule has 0 bridgehead atoms. The summed E-state index contributed by atoms with van der Waals surface area (Å²) in [5, 5.41) is 6.32. The fourth-order valence-corrected chi connectivity index (χ4v) is 2.40. The molecule has 0 radical (unpaired) electrons. The zero-order valence-electron chi connectivity index (χ0n) is 9.34. The SMILES string of the molecule is CC1(NC(=O)C2COCCN2)CCCC1. The Morgan fingerprint density at radius 2 is 2.20 bits per heavy atom. The molecule has 1 aliphatic carbocycles. The second-order valence-electron chi connectivity index (χ2n) is 4.84. The molecule has 2 fully saturated rings. The summed E-state index contributed by atoms with van der Waals surface area (Å²) >= 11 is 0. The van der Waals surface area contributed by atoms with E-state index in [9.17, 15) is 4.79 Å². The van der Waals surface area contributed by atoms with Gasteiger partial charge in [0, 0.05) is 12.1 Å². The number of nitrogens with one attached hydrogen (secondary N) is 2. The van der Waals surface area contributed by atoms with Crippen molar-refractivity contribution in [3.05, 3.63) is 0 Å². The van der Waals surface area contributed by atoms with Crippen molar-refractivity contribution >= 4 is 5.91 Å². The van der Waals surface area contributed by atoms with Gasteiger partial charge in [0.25, 0.3) is 0 Å². The Labute approximate surface area is 90.8 Å². The van der Waals surface area contributed by atoms with E-state index in [0.29, 0.717) is 13.2 Å². The molecule has 0 spiro atoms. The van der Waals surface area contributed by atoms with E-state index in [1.54, 1.807) is 0 Å². The first-order valence-corrected chi connectivity index (χ1v) is 5.83. The molecule has 2 rings (SSSR count). The highest BCUT2D eigenvalue weighted by atomic mass is 16.5. The second kappa shape index (κ2) is 4.49. The Kier molecular flexibility index (Phi) is 3.26. The average molecular weight is 212 g/mol. The van der Waals surface area contributed by atoms with Crippen LogP contribution in [-0.2, 0) is 9.53 Å². The maximum absolute atomic E-state index is 11.9. The van der Waals surface area contributed by atoms with Gasteiger partial charge >= 0.3 is 0 Å². The number of morpholine rings is 1. The van der Waals surface area contributed by atoms with E-state index in [4.69, 9.17) is 4.74 Å². The number of amides is 1. The van der Waals surface area contributed by atoms with Crippen molar-refractivity contribution < 1.29 is 9.53 Å². The number of hydrogen-bond acceptors (Lipinski definition) is 3. The largest absolute Gasteiger partial charge is 0.378 e. The molecular weight excluding hydrogens is 192 g/mol. The van der Waals surface area contributed by atoms with Crippen molar-refractivity contribution in [1.82, 2.24) is 10.6 Å². The van der Waals surface area contributed by atoms with Crippen LogP contribution in [0.25, 0.3) is 0 Å². The zero-order valence-corrected chi connectivity index (χ0v) is 9.34. The fourth-order valence-electron chi connectivity index (χ4n) is 2.40. The van der Waals surface area contributed by atoms with Crippen LogP contribution in [0.1, 0.15) is 32.6 Å². The van der Waals surface area contributed by atoms with Crippen molar-refractivity contribution in [2.75, 3.05) is 19.8 Å². The van der Waals surface area contributed by atoms with E-state index in [0.717, 1.165) is 19.4 Å². The third-order valence-corrected chi connectivity index (χ3v) is 3.37. The maximum Gasteiger partial charge on any atom is 0.239 e. The molecule has 4 heteroatoms. The fraction of sp³-hybridized carbons (Fsp3) is 0.909. The average Bonchev–Trinajstić information content (AvgIpc) is 2.66. The van der Waals surface area contributed by atoms with Crippen molar-refractivity contribution in [2.45, 2.75) is 44.2 Å². The van der Waals surface area contributed by atoms with Crippen molar-refractivity contribution in [3.8, 4) is 0 Å². The number of ether oxygens (including phenoxy) is 1. The second-order valence-corrected chi connectivity index (χ2v) is 4.84. The van der Waals surface area contributed by atoms with Crippen LogP contribution in [-0.4, -0.2) is 37.2 Å². The van der Waals surface area contributed by atoms with Crippen molar-refractivity contribution in [1.29, 1.82) is 0 Å². The minimum atomic E-state index is -0.156. The van der Waals surface area contributed by atoms with E-state index < -0.39 is 0 Å². The third-order valence-electron chi connectivity index (χ3n) is 3.37. The molecule has 1 aliphatic heterocycles. The molecule has 4 nitrogen and oxygen atoms in total. The molecular formula is C11H20N2O2. The van der Waals surface area contributed by atoms with Crippen molar-refractivity contribution in [2.24, 2.45) is 0 Å². The minimum Gasteiger partial charge on any atom is -0.378 e. The van der Waals surface area contributed by atoms with Gasteiger partial charge in [0.2, 0.25) is 5.91 Å². The molecule has 2 aliphatic rings. The van der Waals surface area contributed by atoms with Crippen LogP contribution >= 0.6 is 0 Å². The molecule has 1 saturated heterocycles. The molecule has 1 unspecified atom stereocenters. The zero-order chi connectivity index (χ0) is 10.7. The molecule has 1 heterocycles. The lowest BCUT2D eigenvalue weighted by atomic mass is 10.00. The van der Waals surface area contributed by atoms with E-state index in [-0.39, 0.29) is 17.5 Å². The normalized spacial score (nSPS) is 30.1. The number of rotatable bonds is 2. The summed E-state index contributed by atoms with van der Waals surface area (Å²) in [6.45, 7) is 4.12. The highest BCUT2D eigenvalue weighted by Crippen LogP contribution is 2.28. The molecule has 2 N–H and O–H groups in total. The highest BCUT2D eigenvalue weighted by molar-refractivity contribution is 5.82. The molecule has 0 aromatic carbocycles.